The van der Waals surface area contributed by atoms with Gasteiger partial charge < -0.3 is 0 Å². The van der Waals surface area contributed by atoms with Crippen LogP contribution in [0.15, 0.2) is 6.20 Å². The minimum atomic E-state index is 0.597. The first-order chi connectivity index (χ1) is 7.83. The number of hydrogen-bond donors (Lipinski definition) is 0. The molecule has 4 heteroatoms. The molecular formula is C12H20BrN3. The Morgan fingerprint density at radius 3 is 2.75 bits per heavy atom. The number of halogens is 1. The zero-order valence-corrected chi connectivity index (χ0v) is 11.5. The summed E-state index contributed by atoms with van der Waals surface area (Å²) in [6.07, 6.45) is 9.69. The first-order valence-corrected chi connectivity index (χ1v) is 7.42. The summed E-state index contributed by atoms with van der Waals surface area (Å²) in [7, 11) is 0. The van der Waals surface area contributed by atoms with E-state index in [9.17, 15) is 0 Å². The van der Waals surface area contributed by atoms with Crippen LogP contribution in [0.25, 0.3) is 0 Å². The Balaban J connectivity index is 1.92. The second kappa shape index (κ2) is 5.80. The van der Waals surface area contributed by atoms with Gasteiger partial charge in [0, 0.05) is 17.9 Å². The van der Waals surface area contributed by atoms with Crippen molar-refractivity contribution in [3.8, 4) is 0 Å². The highest BCUT2D eigenvalue weighted by Gasteiger charge is 2.21. The minimum Gasteiger partial charge on any atom is -0.249 e. The topological polar surface area (TPSA) is 30.7 Å². The van der Waals surface area contributed by atoms with Gasteiger partial charge in [-0.1, -0.05) is 34.5 Å². The molecule has 0 radical (unpaired) electrons. The number of alkyl halides is 1. The van der Waals surface area contributed by atoms with Crippen molar-refractivity contribution in [3.63, 3.8) is 0 Å². The summed E-state index contributed by atoms with van der Waals surface area (Å²) < 4.78 is 2.09. The van der Waals surface area contributed by atoms with E-state index in [0.29, 0.717) is 6.04 Å². The molecule has 2 rings (SSSR count). The van der Waals surface area contributed by atoms with Gasteiger partial charge in [-0.15, -0.1) is 5.10 Å². The van der Waals surface area contributed by atoms with E-state index in [1.54, 1.807) is 0 Å². The molecule has 0 saturated heterocycles. The van der Waals surface area contributed by atoms with Crippen LogP contribution in [0.1, 0.15) is 50.8 Å². The van der Waals surface area contributed by atoms with E-state index in [1.165, 1.54) is 32.1 Å². The molecule has 1 aromatic heterocycles. The third-order valence-corrected chi connectivity index (χ3v) is 4.07. The van der Waals surface area contributed by atoms with Crippen LogP contribution in [0.2, 0.25) is 0 Å². The van der Waals surface area contributed by atoms with E-state index in [-0.39, 0.29) is 0 Å². The average Bonchev–Trinajstić information content (AvgIpc) is 2.78. The summed E-state index contributed by atoms with van der Waals surface area (Å²) in [4.78, 5) is 0. The molecule has 0 aliphatic heterocycles. The summed E-state index contributed by atoms with van der Waals surface area (Å²) >= 11 is 3.43. The Hall–Kier alpha value is -0.380. The molecule has 0 amide bonds. The van der Waals surface area contributed by atoms with Crippen LogP contribution in [-0.4, -0.2) is 20.3 Å². The highest BCUT2D eigenvalue weighted by Crippen LogP contribution is 2.33. The van der Waals surface area contributed by atoms with Crippen LogP contribution in [0.4, 0.5) is 0 Å². The van der Waals surface area contributed by atoms with Gasteiger partial charge >= 0.3 is 0 Å². The Kier molecular flexibility index (Phi) is 4.38. The molecule has 1 heterocycles. The third-order valence-electron chi connectivity index (χ3n) is 3.68. The first kappa shape index (κ1) is 12.1. The third kappa shape index (κ3) is 2.84. The molecule has 1 aromatic rings. The van der Waals surface area contributed by atoms with Crippen molar-refractivity contribution in [2.75, 3.05) is 5.33 Å². The lowest BCUT2D eigenvalue weighted by Gasteiger charge is -2.27. The number of aromatic nitrogens is 3. The minimum absolute atomic E-state index is 0.597. The Bertz CT molecular complexity index is 316. The van der Waals surface area contributed by atoms with Gasteiger partial charge in [-0.3, -0.25) is 0 Å². The number of hydrogen-bond acceptors (Lipinski definition) is 2. The van der Waals surface area contributed by atoms with Crippen LogP contribution in [0.3, 0.4) is 0 Å². The maximum Gasteiger partial charge on any atom is 0.0835 e. The second-order valence-corrected chi connectivity index (χ2v) is 5.50. The van der Waals surface area contributed by atoms with Crippen molar-refractivity contribution in [2.24, 2.45) is 5.92 Å². The monoisotopic (exact) mass is 285 g/mol. The van der Waals surface area contributed by atoms with Gasteiger partial charge in [0.1, 0.15) is 0 Å². The SMILES string of the molecule is CCC1CCC(n2cc(CCBr)nn2)CC1. The summed E-state index contributed by atoms with van der Waals surface area (Å²) in [5.74, 6) is 0.946. The Labute approximate surface area is 106 Å². The zero-order chi connectivity index (χ0) is 11.4. The molecule has 0 aromatic carbocycles. The molecule has 0 N–H and O–H groups in total. The predicted molar refractivity (Wildman–Crippen MR) is 68.8 cm³/mol. The lowest BCUT2D eigenvalue weighted by Crippen LogP contribution is -2.18. The van der Waals surface area contributed by atoms with Gasteiger partial charge in [-0.25, -0.2) is 4.68 Å². The molecule has 90 valence electrons. The molecule has 1 fully saturated rings. The fourth-order valence-electron chi connectivity index (χ4n) is 2.52. The first-order valence-electron chi connectivity index (χ1n) is 6.30. The van der Waals surface area contributed by atoms with E-state index in [4.69, 9.17) is 0 Å². The fraction of sp³-hybridized carbons (Fsp3) is 0.833. The quantitative estimate of drug-likeness (QED) is 0.795. The lowest BCUT2D eigenvalue weighted by atomic mass is 9.85. The van der Waals surface area contributed by atoms with Crippen LogP contribution in [0.5, 0.6) is 0 Å². The number of aryl methyl sites for hydroxylation is 1. The molecule has 16 heavy (non-hydrogen) atoms. The van der Waals surface area contributed by atoms with Gasteiger partial charge in [0.25, 0.3) is 0 Å². The highest BCUT2D eigenvalue weighted by molar-refractivity contribution is 9.09. The number of nitrogens with zero attached hydrogens (tertiary/aromatic N) is 3. The van der Waals surface area contributed by atoms with Crippen molar-refractivity contribution in [1.82, 2.24) is 15.0 Å². The van der Waals surface area contributed by atoms with Gasteiger partial charge in [0.05, 0.1) is 11.7 Å². The van der Waals surface area contributed by atoms with Crippen LogP contribution >= 0.6 is 15.9 Å². The van der Waals surface area contributed by atoms with Gasteiger partial charge in [0.2, 0.25) is 0 Å². The van der Waals surface area contributed by atoms with Crippen LogP contribution in [0, 0.1) is 5.92 Å². The molecule has 1 aliphatic rings. The van der Waals surface area contributed by atoms with Gasteiger partial charge in [-0.2, -0.15) is 0 Å². The zero-order valence-electron chi connectivity index (χ0n) is 9.90. The summed E-state index contributed by atoms with van der Waals surface area (Å²) in [5.41, 5.74) is 1.11. The molecular weight excluding hydrogens is 266 g/mol. The van der Waals surface area contributed by atoms with Crippen molar-refractivity contribution in [2.45, 2.75) is 51.5 Å². The van der Waals surface area contributed by atoms with Gasteiger partial charge in [0.15, 0.2) is 0 Å². The second-order valence-electron chi connectivity index (χ2n) is 4.71. The molecule has 0 bridgehead atoms. The van der Waals surface area contributed by atoms with E-state index < -0.39 is 0 Å². The van der Waals surface area contributed by atoms with Crippen molar-refractivity contribution < 1.29 is 0 Å². The molecule has 1 saturated carbocycles. The normalized spacial score (nSPS) is 25.9. The van der Waals surface area contributed by atoms with E-state index >= 15 is 0 Å². The molecule has 0 spiro atoms. The summed E-state index contributed by atoms with van der Waals surface area (Å²) in [6, 6.07) is 0.597. The van der Waals surface area contributed by atoms with E-state index in [2.05, 4.69) is 44.0 Å². The largest absolute Gasteiger partial charge is 0.249 e. The Morgan fingerprint density at radius 1 is 1.38 bits per heavy atom. The van der Waals surface area contributed by atoms with E-state index in [1.807, 2.05) is 0 Å². The summed E-state index contributed by atoms with van der Waals surface area (Å²) in [6.45, 7) is 2.30. The Morgan fingerprint density at radius 2 is 2.12 bits per heavy atom. The van der Waals surface area contributed by atoms with Crippen LogP contribution in [-0.2, 0) is 6.42 Å². The predicted octanol–water partition coefficient (Wildman–Crippen LogP) is 3.36. The fourth-order valence-corrected chi connectivity index (χ4v) is 2.93. The number of rotatable bonds is 4. The standard InChI is InChI=1S/C12H20BrN3/c1-2-10-3-5-12(6-4-10)16-9-11(7-8-13)14-15-16/h9-10,12H,2-8H2,1H3. The average molecular weight is 286 g/mol. The molecule has 0 unspecified atom stereocenters. The highest BCUT2D eigenvalue weighted by atomic mass is 79.9. The van der Waals surface area contributed by atoms with Crippen LogP contribution < -0.4 is 0 Å². The van der Waals surface area contributed by atoms with Crippen molar-refractivity contribution in [3.05, 3.63) is 11.9 Å². The van der Waals surface area contributed by atoms with E-state index in [0.717, 1.165) is 23.4 Å². The molecule has 3 nitrogen and oxygen atoms in total. The molecule has 1 aliphatic carbocycles. The smallest absolute Gasteiger partial charge is 0.0835 e. The maximum atomic E-state index is 4.26. The van der Waals surface area contributed by atoms with Crippen molar-refractivity contribution >= 4 is 15.9 Å². The summed E-state index contributed by atoms with van der Waals surface area (Å²) in [5, 5.41) is 9.42. The maximum absolute atomic E-state index is 4.26. The molecule has 0 atom stereocenters. The lowest BCUT2D eigenvalue weighted by molar-refractivity contribution is 0.253. The van der Waals surface area contributed by atoms with Gasteiger partial charge in [-0.05, 0) is 31.6 Å². The van der Waals surface area contributed by atoms with Crippen molar-refractivity contribution in [1.29, 1.82) is 0 Å².